The predicted molar refractivity (Wildman–Crippen MR) is 39.5 cm³/mol. The number of aromatic nitrogens is 2. The zero-order chi connectivity index (χ0) is 9.30. The van der Waals surface area contributed by atoms with Crippen LogP contribution in [0.25, 0.3) is 0 Å². The van der Waals surface area contributed by atoms with E-state index in [1.54, 1.807) is 13.8 Å². The van der Waals surface area contributed by atoms with Crippen molar-refractivity contribution >= 4 is 5.97 Å². The van der Waals surface area contributed by atoms with Crippen molar-refractivity contribution in [2.75, 3.05) is 0 Å². The fraction of sp³-hybridized carbons (Fsp3) is 0.429. The number of carboxylic acids is 1. The molecule has 1 atom stereocenters. The maximum atomic E-state index is 12.9. The zero-order valence-electron chi connectivity index (χ0n) is 6.78. The van der Waals surface area contributed by atoms with Crippen LogP contribution in [0.2, 0.25) is 0 Å². The molecule has 1 aromatic heterocycles. The molecule has 0 saturated heterocycles. The molecular formula is C7H9FN2O2. The van der Waals surface area contributed by atoms with Gasteiger partial charge in [0.05, 0.1) is 12.0 Å². The second-order valence-corrected chi connectivity index (χ2v) is 2.50. The quantitative estimate of drug-likeness (QED) is 0.725. The smallest absolute Gasteiger partial charge is 0.359 e. The summed E-state index contributed by atoms with van der Waals surface area (Å²) in [7, 11) is 0. The topological polar surface area (TPSA) is 55.1 Å². The second kappa shape index (κ2) is 2.92. The molecule has 5 heteroatoms. The third kappa shape index (κ3) is 1.30. The van der Waals surface area contributed by atoms with Crippen molar-refractivity contribution in [3.8, 4) is 0 Å². The number of carbonyl (C=O) groups is 1. The van der Waals surface area contributed by atoms with Gasteiger partial charge in [-0.05, 0) is 13.8 Å². The number of hydrogen-bond donors (Lipinski definition) is 1. The molecular weight excluding hydrogens is 163 g/mol. The maximum absolute atomic E-state index is 12.9. The number of aryl methyl sites for hydroxylation is 1. The van der Waals surface area contributed by atoms with Crippen molar-refractivity contribution in [1.82, 2.24) is 9.55 Å². The summed E-state index contributed by atoms with van der Waals surface area (Å²) in [6.07, 6.45) is -0.852. The van der Waals surface area contributed by atoms with Gasteiger partial charge in [-0.15, -0.1) is 0 Å². The summed E-state index contributed by atoms with van der Waals surface area (Å²) < 4.78 is 13.8. The molecule has 1 rings (SSSR count). The van der Waals surface area contributed by atoms with Crippen LogP contribution in [0.15, 0.2) is 6.33 Å². The normalized spacial score (nSPS) is 12.9. The van der Waals surface area contributed by atoms with Crippen molar-refractivity contribution < 1.29 is 14.3 Å². The van der Waals surface area contributed by atoms with Crippen LogP contribution in [0.3, 0.4) is 0 Å². The highest BCUT2D eigenvalue weighted by Gasteiger charge is 2.19. The van der Waals surface area contributed by atoms with Gasteiger partial charge >= 0.3 is 5.97 Å². The maximum Gasteiger partial charge on any atom is 0.359 e. The fourth-order valence-corrected chi connectivity index (χ4v) is 0.863. The summed E-state index contributed by atoms with van der Waals surface area (Å²) >= 11 is 0. The Morgan fingerprint density at radius 2 is 2.33 bits per heavy atom. The van der Waals surface area contributed by atoms with Crippen LogP contribution in [-0.4, -0.2) is 20.6 Å². The van der Waals surface area contributed by atoms with Crippen LogP contribution >= 0.6 is 0 Å². The monoisotopic (exact) mass is 172 g/mol. The number of nitrogens with zero attached hydrogens (tertiary/aromatic N) is 2. The molecule has 0 fully saturated rings. The summed E-state index contributed by atoms with van der Waals surface area (Å²) in [5, 5.41) is 8.35. The lowest BCUT2D eigenvalue weighted by atomic mass is 10.4. The average Bonchev–Trinajstić information content (AvgIpc) is 2.32. The molecule has 0 aromatic carbocycles. The van der Waals surface area contributed by atoms with Crippen LogP contribution in [0.5, 0.6) is 0 Å². The summed E-state index contributed by atoms with van der Waals surface area (Å²) in [6, 6.07) is 0. The van der Waals surface area contributed by atoms with E-state index in [4.69, 9.17) is 5.11 Å². The van der Waals surface area contributed by atoms with E-state index in [1.165, 1.54) is 6.33 Å². The van der Waals surface area contributed by atoms with Crippen molar-refractivity contribution in [3.05, 3.63) is 17.7 Å². The van der Waals surface area contributed by atoms with Crippen molar-refractivity contribution in [2.24, 2.45) is 0 Å². The average molecular weight is 172 g/mol. The molecule has 0 saturated carbocycles. The number of alkyl halides is 1. The van der Waals surface area contributed by atoms with E-state index in [1.807, 2.05) is 0 Å². The Balaban J connectivity index is 3.03. The molecule has 0 bridgehead atoms. The number of imidazole rings is 1. The van der Waals surface area contributed by atoms with Crippen molar-refractivity contribution in [1.29, 1.82) is 0 Å². The molecule has 0 radical (unpaired) electrons. The molecule has 1 aromatic rings. The molecule has 66 valence electrons. The predicted octanol–water partition coefficient (Wildman–Crippen LogP) is 1.05. The number of aliphatic carboxylic acids is 1. The van der Waals surface area contributed by atoms with Gasteiger partial charge in [0.2, 0.25) is 0 Å². The van der Waals surface area contributed by atoms with E-state index in [-0.39, 0.29) is 0 Å². The van der Waals surface area contributed by atoms with Crippen LogP contribution in [0.4, 0.5) is 4.39 Å². The third-order valence-corrected chi connectivity index (χ3v) is 1.73. The van der Waals surface area contributed by atoms with Gasteiger partial charge in [0, 0.05) is 5.69 Å². The van der Waals surface area contributed by atoms with Gasteiger partial charge in [0.25, 0.3) is 6.30 Å². The molecule has 12 heavy (non-hydrogen) atoms. The minimum atomic E-state index is -2.04. The van der Waals surface area contributed by atoms with Gasteiger partial charge in [-0.3, -0.25) is 4.57 Å². The first-order valence-corrected chi connectivity index (χ1v) is 3.41. The highest BCUT2D eigenvalue weighted by atomic mass is 19.1. The molecule has 0 aliphatic heterocycles. The Bertz CT molecular complexity index is 308. The molecule has 0 aliphatic rings. The Hall–Kier alpha value is -1.39. The van der Waals surface area contributed by atoms with E-state index in [0.29, 0.717) is 11.4 Å². The number of carboxylic acid groups (broad SMARTS) is 1. The highest BCUT2D eigenvalue weighted by molar-refractivity contribution is 5.70. The Morgan fingerprint density at radius 3 is 2.67 bits per heavy atom. The van der Waals surface area contributed by atoms with Crippen molar-refractivity contribution in [3.63, 3.8) is 0 Å². The van der Waals surface area contributed by atoms with Gasteiger partial charge in [-0.1, -0.05) is 0 Å². The number of halogens is 1. The summed E-state index contributed by atoms with van der Waals surface area (Å²) in [4.78, 5) is 14.0. The first kappa shape index (κ1) is 8.70. The first-order chi connectivity index (χ1) is 5.54. The summed E-state index contributed by atoms with van der Waals surface area (Å²) in [5.41, 5.74) is 1.17. The van der Waals surface area contributed by atoms with Crippen LogP contribution < -0.4 is 0 Å². The van der Waals surface area contributed by atoms with Crippen LogP contribution in [0.1, 0.15) is 17.7 Å². The van der Waals surface area contributed by atoms with E-state index in [9.17, 15) is 9.18 Å². The van der Waals surface area contributed by atoms with Gasteiger partial charge in [0.15, 0.2) is 0 Å². The minimum absolute atomic E-state index is 0.532. The number of rotatable bonds is 2. The molecule has 4 nitrogen and oxygen atoms in total. The Morgan fingerprint density at radius 1 is 1.75 bits per heavy atom. The van der Waals surface area contributed by atoms with Crippen molar-refractivity contribution in [2.45, 2.75) is 20.1 Å². The lowest BCUT2D eigenvalue weighted by molar-refractivity contribution is -0.146. The standard InChI is InChI=1S/C7H9FN2O2/c1-4-5(2)10(3-9-4)6(8)7(11)12/h3,6H,1-2H3,(H,11,12). The van der Waals surface area contributed by atoms with Gasteiger partial charge in [-0.2, -0.15) is 0 Å². The van der Waals surface area contributed by atoms with Gasteiger partial charge in [0.1, 0.15) is 0 Å². The van der Waals surface area contributed by atoms with Crippen LogP contribution in [-0.2, 0) is 4.79 Å². The minimum Gasteiger partial charge on any atom is -0.478 e. The van der Waals surface area contributed by atoms with Crippen LogP contribution in [0, 0.1) is 13.8 Å². The van der Waals surface area contributed by atoms with E-state index >= 15 is 0 Å². The largest absolute Gasteiger partial charge is 0.478 e. The zero-order valence-corrected chi connectivity index (χ0v) is 6.78. The summed E-state index contributed by atoms with van der Waals surface area (Å²) in [5.74, 6) is -1.50. The molecule has 0 spiro atoms. The Labute approximate surface area is 68.7 Å². The lowest BCUT2D eigenvalue weighted by Crippen LogP contribution is -2.14. The molecule has 1 heterocycles. The van der Waals surface area contributed by atoms with Gasteiger partial charge in [-0.25, -0.2) is 14.2 Å². The second-order valence-electron chi connectivity index (χ2n) is 2.50. The first-order valence-electron chi connectivity index (χ1n) is 3.41. The number of hydrogen-bond acceptors (Lipinski definition) is 2. The fourth-order valence-electron chi connectivity index (χ4n) is 0.863. The lowest BCUT2D eigenvalue weighted by Gasteiger charge is -2.05. The highest BCUT2D eigenvalue weighted by Crippen LogP contribution is 2.13. The van der Waals surface area contributed by atoms with Gasteiger partial charge < -0.3 is 5.11 Å². The molecule has 1 unspecified atom stereocenters. The molecule has 1 N–H and O–H groups in total. The molecule has 0 aliphatic carbocycles. The van der Waals surface area contributed by atoms with E-state index in [0.717, 1.165) is 4.57 Å². The van der Waals surface area contributed by atoms with E-state index < -0.39 is 12.3 Å². The Kier molecular flexibility index (Phi) is 2.12. The molecule has 0 amide bonds. The summed E-state index contributed by atoms with van der Waals surface area (Å²) in [6.45, 7) is 3.32. The third-order valence-electron chi connectivity index (χ3n) is 1.73. The SMILES string of the molecule is Cc1ncn(C(F)C(=O)O)c1C. The van der Waals surface area contributed by atoms with E-state index in [2.05, 4.69) is 4.98 Å².